The number of thiocarbonyl (C=S) groups is 1. The lowest BCUT2D eigenvalue weighted by Gasteiger charge is -2.29. The number of aryl methyl sites for hydroxylation is 1. The van der Waals surface area contributed by atoms with Crippen molar-refractivity contribution in [2.24, 2.45) is 0 Å². The average Bonchev–Trinajstić information content (AvgIpc) is 3.52. The van der Waals surface area contributed by atoms with Crippen molar-refractivity contribution in [3.05, 3.63) is 107 Å². The lowest BCUT2D eigenvalue weighted by molar-refractivity contribution is 0.475. The first-order valence-corrected chi connectivity index (χ1v) is 11.3. The van der Waals surface area contributed by atoms with E-state index >= 15 is 0 Å². The molecule has 1 aliphatic rings. The Morgan fingerprint density at radius 3 is 2.77 bits per heavy atom. The number of rotatable bonds is 5. The molecule has 1 aliphatic heterocycles. The van der Waals surface area contributed by atoms with Gasteiger partial charge in [0.15, 0.2) is 5.11 Å². The van der Waals surface area contributed by atoms with E-state index in [0.29, 0.717) is 11.7 Å². The SMILES string of the molecule is Cc1cc(N2C(=S)N[C@@H](c3ccccn3)[C@@H]2c2cccn2Cc2ccco2)ccc1Br. The van der Waals surface area contributed by atoms with Crippen LogP contribution in [0.2, 0.25) is 0 Å². The maximum atomic E-state index is 5.83. The Bertz CT molecular complexity index is 1210. The van der Waals surface area contributed by atoms with Gasteiger partial charge in [-0.05, 0) is 79.3 Å². The fourth-order valence-electron chi connectivity index (χ4n) is 4.12. The van der Waals surface area contributed by atoms with Gasteiger partial charge in [-0.15, -0.1) is 0 Å². The molecule has 4 aromatic rings. The van der Waals surface area contributed by atoms with Gasteiger partial charge in [-0.2, -0.15) is 0 Å². The van der Waals surface area contributed by atoms with Crippen molar-refractivity contribution < 1.29 is 4.42 Å². The molecule has 1 saturated heterocycles. The molecule has 0 radical (unpaired) electrons. The summed E-state index contributed by atoms with van der Waals surface area (Å²) in [4.78, 5) is 6.83. The van der Waals surface area contributed by atoms with E-state index in [1.807, 2.05) is 36.5 Å². The Morgan fingerprint density at radius 2 is 2.03 bits per heavy atom. The molecule has 2 atom stereocenters. The van der Waals surface area contributed by atoms with Crippen LogP contribution in [-0.2, 0) is 6.54 Å². The number of aromatic nitrogens is 2. The lowest BCUT2D eigenvalue weighted by Crippen LogP contribution is -2.30. The van der Waals surface area contributed by atoms with Crippen LogP contribution in [0.15, 0.2) is 88.2 Å². The van der Waals surface area contributed by atoms with Crippen LogP contribution >= 0.6 is 28.1 Å². The second-order valence-corrected chi connectivity index (χ2v) is 8.81. The zero-order valence-electron chi connectivity index (χ0n) is 16.9. The molecule has 1 N–H and O–H groups in total. The summed E-state index contributed by atoms with van der Waals surface area (Å²) in [5.74, 6) is 0.909. The largest absolute Gasteiger partial charge is 0.467 e. The van der Waals surface area contributed by atoms with Crippen molar-refractivity contribution >= 4 is 38.9 Å². The topological polar surface area (TPSA) is 46.2 Å². The molecular weight excluding hydrogens is 472 g/mol. The fraction of sp³-hybridized carbons (Fsp3) is 0.167. The van der Waals surface area contributed by atoms with Crippen LogP contribution in [0.5, 0.6) is 0 Å². The number of hydrogen-bond donors (Lipinski definition) is 1. The summed E-state index contributed by atoms with van der Waals surface area (Å²) in [6, 6.07) is 20.3. The van der Waals surface area contributed by atoms with E-state index in [-0.39, 0.29) is 12.1 Å². The molecule has 31 heavy (non-hydrogen) atoms. The Morgan fingerprint density at radius 1 is 1.13 bits per heavy atom. The zero-order chi connectivity index (χ0) is 21.4. The quantitative estimate of drug-likeness (QED) is 0.358. The number of benzene rings is 1. The smallest absolute Gasteiger partial charge is 0.174 e. The third-order valence-corrected chi connectivity index (χ3v) is 6.80. The zero-order valence-corrected chi connectivity index (χ0v) is 19.3. The number of pyridine rings is 1. The van der Waals surface area contributed by atoms with E-state index in [9.17, 15) is 0 Å². The fourth-order valence-corrected chi connectivity index (χ4v) is 4.71. The molecule has 5 nitrogen and oxygen atoms in total. The van der Waals surface area contributed by atoms with Crippen molar-refractivity contribution in [2.75, 3.05) is 4.90 Å². The Hall–Kier alpha value is -2.90. The van der Waals surface area contributed by atoms with Crippen LogP contribution in [0, 0.1) is 6.92 Å². The van der Waals surface area contributed by atoms with Gasteiger partial charge in [0, 0.05) is 28.2 Å². The summed E-state index contributed by atoms with van der Waals surface area (Å²) in [6.45, 7) is 2.74. The van der Waals surface area contributed by atoms with Gasteiger partial charge in [-0.1, -0.05) is 22.0 Å². The summed E-state index contributed by atoms with van der Waals surface area (Å²) >= 11 is 9.44. The van der Waals surface area contributed by atoms with Crippen molar-refractivity contribution in [2.45, 2.75) is 25.6 Å². The molecule has 4 heterocycles. The number of halogens is 1. The van der Waals surface area contributed by atoms with Crippen molar-refractivity contribution in [3.8, 4) is 0 Å². The molecule has 0 amide bonds. The number of anilines is 1. The molecule has 156 valence electrons. The van der Waals surface area contributed by atoms with Gasteiger partial charge < -0.3 is 19.2 Å². The van der Waals surface area contributed by atoms with Gasteiger partial charge in [0.05, 0.1) is 24.5 Å². The first-order valence-electron chi connectivity index (χ1n) is 10.1. The van der Waals surface area contributed by atoms with Crippen molar-refractivity contribution in [1.82, 2.24) is 14.9 Å². The summed E-state index contributed by atoms with van der Waals surface area (Å²) in [7, 11) is 0. The van der Waals surface area contributed by atoms with Gasteiger partial charge in [0.1, 0.15) is 11.8 Å². The summed E-state index contributed by atoms with van der Waals surface area (Å²) in [5.41, 5.74) is 4.30. The van der Waals surface area contributed by atoms with E-state index < -0.39 is 0 Å². The van der Waals surface area contributed by atoms with Crippen LogP contribution in [-0.4, -0.2) is 14.7 Å². The highest BCUT2D eigenvalue weighted by Gasteiger charge is 2.42. The van der Waals surface area contributed by atoms with Gasteiger partial charge in [0.2, 0.25) is 0 Å². The average molecular weight is 493 g/mol. The normalized spacial score (nSPS) is 18.4. The molecule has 0 aliphatic carbocycles. The minimum Gasteiger partial charge on any atom is -0.467 e. The molecule has 5 rings (SSSR count). The molecule has 0 spiro atoms. The minimum absolute atomic E-state index is 0.0621. The lowest BCUT2D eigenvalue weighted by atomic mass is 10.0. The first kappa shape index (κ1) is 20.0. The number of nitrogens with one attached hydrogen (secondary N) is 1. The van der Waals surface area contributed by atoms with Crippen LogP contribution in [0.4, 0.5) is 5.69 Å². The predicted octanol–water partition coefficient (Wildman–Crippen LogP) is 5.77. The first-order chi connectivity index (χ1) is 15.1. The molecule has 0 saturated carbocycles. The highest BCUT2D eigenvalue weighted by Crippen LogP contribution is 2.42. The van der Waals surface area contributed by atoms with Crippen LogP contribution < -0.4 is 10.2 Å². The molecular formula is C24H21BrN4OS. The van der Waals surface area contributed by atoms with Crippen molar-refractivity contribution in [3.63, 3.8) is 0 Å². The maximum absolute atomic E-state index is 5.83. The van der Waals surface area contributed by atoms with Crippen LogP contribution in [0.3, 0.4) is 0 Å². The van der Waals surface area contributed by atoms with Gasteiger partial charge in [-0.3, -0.25) is 4.98 Å². The minimum atomic E-state index is -0.0806. The monoisotopic (exact) mass is 492 g/mol. The Labute approximate surface area is 194 Å². The van der Waals surface area contributed by atoms with Gasteiger partial charge in [-0.25, -0.2) is 0 Å². The molecule has 0 unspecified atom stereocenters. The van der Waals surface area contributed by atoms with Crippen molar-refractivity contribution in [1.29, 1.82) is 0 Å². The van der Waals surface area contributed by atoms with Crippen LogP contribution in [0.1, 0.15) is 34.8 Å². The molecule has 0 bridgehead atoms. The van der Waals surface area contributed by atoms with E-state index in [2.05, 4.69) is 79.2 Å². The molecule has 1 aromatic carbocycles. The Kier molecular flexibility index (Phi) is 5.38. The van der Waals surface area contributed by atoms with E-state index in [1.165, 1.54) is 0 Å². The number of furan rings is 1. The predicted molar refractivity (Wildman–Crippen MR) is 129 cm³/mol. The third-order valence-electron chi connectivity index (χ3n) is 5.59. The summed E-state index contributed by atoms with van der Waals surface area (Å²) in [6.07, 6.45) is 5.61. The third kappa shape index (κ3) is 3.79. The second kappa shape index (κ2) is 8.32. The van der Waals surface area contributed by atoms with E-state index in [4.69, 9.17) is 16.6 Å². The van der Waals surface area contributed by atoms with Gasteiger partial charge >= 0.3 is 0 Å². The molecule has 3 aromatic heterocycles. The van der Waals surface area contributed by atoms with Crippen LogP contribution in [0.25, 0.3) is 0 Å². The molecule has 1 fully saturated rings. The summed E-state index contributed by atoms with van der Waals surface area (Å²) < 4.78 is 8.90. The maximum Gasteiger partial charge on any atom is 0.174 e. The highest BCUT2D eigenvalue weighted by atomic mass is 79.9. The standard InChI is InChI=1S/C24H21BrN4OS/c1-16-14-17(9-10-19(16)25)29-23(22(27-24(29)31)20-7-2-3-11-26-20)21-8-4-12-28(21)15-18-6-5-13-30-18/h2-14,22-23H,15H2,1H3,(H,27,31)/t22-,23-/m0/s1. The number of hydrogen-bond acceptors (Lipinski definition) is 3. The highest BCUT2D eigenvalue weighted by molar-refractivity contribution is 9.10. The second-order valence-electron chi connectivity index (χ2n) is 7.57. The number of nitrogens with zero attached hydrogens (tertiary/aromatic N) is 3. The Balaban J connectivity index is 1.62. The van der Waals surface area contributed by atoms with Gasteiger partial charge in [0.25, 0.3) is 0 Å². The van der Waals surface area contributed by atoms with E-state index in [0.717, 1.165) is 32.9 Å². The summed E-state index contributed by atoms with van der Waals surface area (Å²) in [5, 5.41) is 4.21. The molecule has 7 heteroatoms. The van der Waals surface area contributed by atoms with E-state index in [1.54, 1.807) is 6.26 Å².